The van der Waals surface area contributed by atoms with Crippen LogP contribution in [0.5, 0.6) is 0 Å². The van der Waals surface area contributed by atoms with Crippen LogP contribution in [-0.4, -0.2) is 10.7 Å². The van der Waals surface area contributed by atoms with E-state index in [-0.39, 0.29) is 5.82 Å². The molecule has 1 aromatic rings. The molecule has 0 saturated carbocycles. The van der Waals surface area contributed by atoms with E-state index in [1.54, 1.807) is 19.1 Å². The van der Waals surface area contributed by atoms with Crippen LogP contribution < -0.4 is 0 Å². The summed E-state index contributed by atoms with van der Waals surface area (Å²) in [6.07, 6.45) is 0.615. The van der Waals surface area contributed by atoms with Crippen LogP contribution in [0.3, 0.4) is 0 Å². The Kier molecular flexibility index (Phi) is 4.69. The Bertz CT molecular complexity index is 472. The van der Waals surface area contributed by atoms with Crippen molar-refractivity contribution < 1.29 is 9.50 Å². The first-order chi connectivity index (χ1) is 8.31. The standard InChI is InChI=1S/C16H19FO/c1-12(2)11-16(4,18)13(3)5-6-14-7-9-15(17)10-8-14/h7-10,12,18H,3,11H2,1-2,4H3. The van der Waals surface area contributed by atoms with Crippen LogP contribution in [0.4, 0.5) is 4.39 Å². The molecule has 0 amide bonds. The topological polar surface area (TPSA) is 20.2 Å². The highest BCUT2D eigenvalue weighted by molar-refractivity contribution is 5.42. The monoisotopic (exact) mass is 246 g/mol. The Labute approximate surface area is 108 Å². The molecule has 0 aliphatic heterocycles. The molecule has 1 aromatic carbocycles. The van der Waals surface area contributed by atoms with E-state index in [1.807, 2.05) is 13.8 Å². The largest absolute Gasteiger partial charge is 0.385 e. The van der Waals surface area contributed by atoms with Crippen LogP contribution in [0.15, 0.2) is 36.4 Å². The third kappa shape index (κ3) is 4.35. The minimum absolute atomic E-state index is 0.286. The van der Waals surface area contributed by atoms with Gasteiger partial charge in [-0.1, -0.05) is 32.3 Å². The van der Waals surface area contributed by atoms with E-state index < -0.39 is 5.60 Å². The summed E-state index contributed by atoms with van der Waals surface area (Å²) in [5.41, 5.74) is 0.208. The van der Waals surface area contributed by atoms with Gasteiger partial charge in [-0.05, 0) is 43.5 Å². The van der Waals surface area contributed by atoms with E-state index in [4.69, 9.17) is 0 Å². The summed E-state index contributed by atoms with van der Waals surface area (Å²) < 4.78 is 12.7. The number of rotatable bonds is 3. The fourth-order valence-electron chi connectivity index (χ4n) is 1.73. The van der Waals surface area contributed by atoms with Gasteiger partial charge in [-0.15, -0.1) is 0 Å². The summed E-state index contributed by atoms with van der Waals surface area (Å²) in [4.78, 5) is 0. The third-order valence-electron chi connectivity index (χ3n) is 2.66. The van der Waals surface area contributed by atoms with Crippen molar-refractivity contribution in [1.29, 1.82) is 0 Å². The average Bonchev–Trinajstić information content (AvgIpc) is 2.26. The van der Waals surface area contributed by atoms with Gasteiger partial charge in [0.05, 0.1) is 5.60 Å². The molecule has 0 aliphatic carbocycles. The molecule has 2 heteroatoms. The highest BCUT2D eigenvalue weighted by Gasteiger charge is 2.24. The van der Waals surface area contributed by atoms with Gasteiger partial charge in [0, 0.05) is 11.1 Å². The molecule has 0 aromatic heterocycles. The minimum Gasteiger partial charge on any atom is -0.385 e. The fraction of sp³-hybridized carbons (Fsp3) is 0.375. The number of hydrogen-bond acceptors (Lipinski definition) is 1. The zero-order valence-electron chi connectivity index (χ0n) is 11.1. The van der Waals surface area contributed by atoms with Crippen molar-refractivity contribution >= 4 is 0 Å². The van der Waals surface area contributed by atoms with Crippen LogP contribution in [-0.2, 0) is 0 Å². The van der Waals surface area contributed by atoms with Gasteiger partial charge in [-0.25, -0.2) is 4.39 Å². The smallest absolute Gasteiger partial charge is 0.123 e. The normalized spacial score (nSPS) is 13.7. The Hall–Kier alpha value is -1.59. The van der Waals surface area contributed by atoms with Gasteiger partial charge in [-0.3, -0.25) is 0 Å². The summed E-state index contributed by atoms with van der Waals surface area (Å²) in [6.45, 7) is 9.61. The second-order valence-electron chi connectivity index (χ2n) is 5.11. The molecule has 0 spiro atoms. The van der Waals surface area contributed by atoms with Crippen molar-refractivity contribution in [2.75, 3.05) is 0 Å². The maximum atomic E-state index is 12.7. The lowest BCUT2D eigenvalue weighted by Gasteiger charge is -2.24. The lowest BCUT2D eigenvalue weighted by molar-refractivity contribution is 0.0804. The second-order valence-corrected chi connectivity index (χ2v) is 5.11. The minimum atomic E-state index is -0.985. The van der Waals surface area contributed by atoms with E-state index >= 15 is 0 Å². The first kappa shape index (κ1) is 14.5. The summed E-state index contributed by atoms with van der Waals surface area (Å²) in [5.74, 6) is 5.80. The Morgan fingerprint density at radius 2 is 1.94 bits per heavy atom. The van der Waals surface area contributed by atoms with Crippen molar-refractivity contribution in [2.24, 2.45) is 5.92 Å². The van der Waals surface area contributed by atoms with Gasteiger partial charge in [0.15, 0.2) is 0 Å². The molecule has 0 radical (unpaired) electrons. The molecule has 0 aliphatic rings. The summed E-state index contributed by atoms with van der Waals surface area (Å²) in [7, 11) is 0. The third-order valence-corrected chi connectivity index (χ3v) is 2.66. The second kappa shape index (κ2) is 5.84. The van der Waals surface area contributed by atoms with E-state index in [1.165, 1.54) is 12.1 Å². The molecule has 0 saturated heterocycles. The van der Waals surface area contributed by atoms with Crippen molar-refractivity contribution in [3.63, 3.8) is 0 Å². The molecule has 96 valence electrons. The maximum absolute atomic E-state index is 12.7. The van der Waals surface area contributed by atoms with Crippen molar-refractivity contribution in [3.8, 4) is 11.8 Å². The van der Waals surface area contributed by atoms with Crippen LogP contribution in [0.2, 0.25) is 0 Å². The predicted octanol–water partition coefficient (Wildman–Crippen LogP) is 3.53. The first-order valence-electron chi connectivity index (χ1n) is 6.00. The molecular formula is C16H19FO. The molecular weight excluding hydrogens is 227 g/mol. The number of hydrogen-bond donors (Lipinski definition) is 1. The maximum Gasteiger partial charge on any atom is 0.123 e. The SMILES string of the molecule is C=C(C#Cc1ccc(F)cc1)C(C)(O)CC(C)C. The van der Waals surface area contributed by atoms with Gasteiger partial charge in [0.25, 0.3) is 0 Å². The molecule has 0 heterocycles. The fourth-order valence-corrected chi connectivity index (χ4v) is 1.73. The molecule has 1 nitrogen and oxygen atoms in total. The summed E-state index contributed by atoms with van der Waals surface area (Å²) >= 11 is 0. The highest BCUT2D eigenvalue weighted by Crippen LogP contribution is 2.23. The van der Waals surface area contributed by atoms with E-state index in [2.05, 4.69) is 18.4 Å². The molecule has 18 heavy (non-hydrogen) atoms. The Balaban J connectivity index is 2.79. The highest BCUT2D eigenvalue weighted by atomic mass is 19.1. The van der Waals surface area contributed by atoms with Gasteiger partial charge >= 0.3 is 0 Å². The van der Waals surface area contributed by atoms with E-state index in [0.29, 0.717) is 23.5 Å². The number of halogens is 1. The molecule has 1 rings (SSSR count). The van der Waals surface area contributed by atoms with Gasteiger partial charge in [0.1, 0.15) is 5.82 Å². The van der Waals surface area contributed by atoms with Gasteiger partial charge < -0.3 is 5.11 Å². The van der Waals surface area contributed by atoms with Crippen LogP contribution in [0.25, 0.3) is 0 Å². The molecule has 0 fully saturated rings. The lowest BCUT2D eigenvalue weighted by atomic mass is 9.88. The average molecular weight is 246 g/mol. The van der Waals surface area contributed by atoms with E-state index in [9.17, 15) is 9.50 Å². The van der Waals surface area contributed by atoms with Crippen LogP contribution in [0, 0.1) is 23.6 Å². The van der Waals surface area contributed by atoms with Crippen LogP contribution in [0.1, 0.15) is 32.8 Å². The van der Waals surface area contributed by atoms with Crippen LogP contribution >= 0.6 is 0 Å². The summed E-state index contributed by atoms with van der Waals surface area (Å²) in [5, 5.41) is 10.2. The lowest BCUT2D eigenvalue weighted by Crippen LogP contribution is -2.27. The Morgan fingerprint density at radius 3 is 2.44 bits per heavy atom. The predicted molar refractivity (Wildman–Crippen MR) is 72.5 cm³/mol. The zero-order chi connectivity index (χ0) is 13.8. The first-order valence-corrected chi connectivity index (χ1v) is 6.00. The Morgan fingerprint density at radius 1 is 1.39 bits per heavy atom. The molecule has 1 N–H and O–H groups in total. The van der Waals surface area contributed by atoms with Crippen molar-refractivity contribution in [1.82, 2.24) is 0 Å². The number of aliphatic hydroxyl groups is 1. The van der Waals surface area contributed by atoms with Gasteiger partial charge in [-0.2, -0.15) is 0 Å². The molecule has 1 unspecified atom stereocenters. The molecule has 1 atom stereocenters. The van der Waals surface area contributed by atoms with Crippen molar-refractivity contribution in [2.45, 2.75) is 32.8 Å². The van der Waals surface area contributed by atoms with E-state index in [0.717, 1.165) is 0 Å². The zero-order valence-corrected chi connectivity index (χ0v) is 11.1. The number of benzene rings is 1. The van der Waals surface area contributed by atoms with Crippen molar-refractivity contribution in [3.05, 3.63) is 47.8 Å². The quantitative estimate of drug-likeness (QED) is 0.809. The summed E-state index contributed by atoms with van der Waals surface area (Å²) in [6, 6.07) is 5.93. The van der Waals surface area contributed by atoms with Gasteiger partial charge in [0.2, 0.25) is 0 Å². The molecule has 0 bridgehead atoms.